The van der Waals surface area contributed by atoms with Gasteiger partial charge in [0, 0.05) is 37.9 Å². The molecule has 9 heteroatoms. The minimum atomic E-state index is -0.372. The molecule has 164 valence electrons. The highest BCUT2D eigenvalue weighted by Crippen LogP contribution is 2.24. The fourth-order valence-electron chi connectivity index (χ4n) is 3.69. The highest BCUT2D eigenvalue weighted by atomic mass is 32.1. The molecule has 2 aromatic heterocycles. The van der Waals surface area contributed by atoms with Crippen molar-refractivity contribution in [2.45, 2.75) is 45.4 Å². The first-order chi connectivity index (χ1) is 15.0. The molecule has 2 atom stereocenters. The summed E-state index contributed by atoms with van der Waals surface area (Å²) in [6.45, 7) is 6.62. The molecule has 0 bridgehead atoms. The maximum atomic E-state index is 13.9. The van der Waals surface area contributed by atoms with Gasteiger partial charge in [0.05, 0.1) is 29.7 Å². The molecule has 7 nitrogen and oxygen atoms in total. The van der Waals surface area contributed by atoms with Crippen LogP contribution < -0.4 is 5.32 Å². The molecule has 1 amide bonds. The summed E-state index contributed by atoms with van der Waals surface area (Å²) in [6, 6.07) is 6.35. The minimum absolute atomic E-state index is 0.167. The Balaban J connectivity index is 1.27. The Kier molecular flexibility index (Phi) is 6.74. The van der Waals surface area contributed by atoms with E-state index in [0.29, 0.717) is 28.8 Å². The first-order valence-electron chi connectivity index (χ1n) is 10.3. The van der Waals surface area contributed by atoms with Gasteiger partial charge < -0.3 is 14.5 Å². The fraction of sp³-hybridized carbons (Fsp3) is 0.409. The zero-order chi connectivity index (χ0) is 21.8. The largest absolute Gasteiger partial charge is 0.441 e. The van der Waals surface area contributed by atoms with E-state index in [1.807, 2.05) is 5.38 Å². The summed E-state index contributed by atoms with van der Waals surface area (Å²) in [5.74, 6) is 0.206. The Morgan fingerprint density at radius 2 is 2.06 bits per heavy atom. The van der Waals surface area contributed by atoms with E-state index >= 15 is 0 Å². The number of thiazole rings is 1. The maximum Gasteiger partial charge on any atom is 0.226 e. The normalized spacial score (nSPS) is 19.5. The van der Waals surface area contributed by atoms with Crippen molar-refractivity contribution in [1.82, 2.24) is 14.9 Å². The summed E-state index contributed by atoms with van der Waals surface area (Å²) in [5.41, 5.74) is 1.29. The SMILES string of the molecule is C[C@H]1CN(Cc2csc(NC(=O)CCc3ncc(-c4ccccc4F)o3)n2)C[C@H](C)O1. The van der Waals surface area contributed by atoms with Crippen LogP contribution in [-0.4, -0.2) is 46.1 Å². The highest BCUT2D eigenvalue weighted by Gasteiger charge is 2.23. The van der Waals surface area contributed by atoms with Gasteiger partial charge in [0.2, 0.25) is 5.91 Å². The lowest BCUT2D eigenvalue weighted by Gasteiger charge is -2.34. The van der Waals surface area contributed by atoms with Crippen LogP contribution in [0.2, 0.25) is 0 Å². The number of aromatic nitrogens is 2. The standard InChI is InChI=1S/C22H25FN4O3S/c1-14-10-27(11-15(2)29-14)12-16-13-31-22(25-16)26-20(28)7-8-21-24-9-19(30-21)17-5-3-4-6-18(17)23/h3-6,9,13-15H,7-8,10-12H2,1-2H3,(H,25,26,28)/t14-,15-/m0/s1. The number of ether oxygens (including phenoxy) is 1. The first kappa shape index (κ1) is 21.6. The average molecular weight is 445 g/mol. The molecular weight excluding hydrogens is 419 g/mol. The topological polar surface area (TPSA) is 80.5 Å². The lowest BCUT2D eigenvalue weighted by Crippen LogP contribution is -2.44. The van der Waals surface area contributed by atoms with Gasteiger partial charge in [-0.25, -0.2) is 14.4 Å². The van der Waals surface area contributed by atoms with Gasteiger partial charge in [-0.05, 0) is 26.0 Å². The summed E-state index contributed by atoms with van der Waals surface area (Å²) in [7, 11) is 0. The molecule has 0 unspecified atom stereocenters. The zero-order valence-electron chi connectivity index (χ0n) is 17.5. The number of hydrogen-bond donors (Lipinski definition) is 1. The number of carbonyl (C=O) groups excluding carboxylic acids is 1. The van der Waals surface area contributed by atoms with E-state index in [1.54, 1.807) is 18.2 Å². The lowest BCUT2D eigenvalue weighted by molar-refractivity contribution is -0.116. The van der Waals surface area contributed by atoms with Crippen molar-refractivity contribution in [3.63, 3.8) is 0 Å². The van der Waals surface area contributed by atoms with E-state index in [1.165, 1.54) is 23.6 Å². The van der Waals surface area contributed by atoms with Crippen molar-refractivity contribution >= 4 is 22.4 Å². The Labute approximate surface area is 184 Å². The number of anilines is 1. The smallest absolute Gasteiger partial charge is 0.226 e. The lowest BCUT2D eigenvalue weighted by atomic mass is 10.2. The zero-order valence-corrected chi connectivity index (χ0v) is 18.3. The molecule has 1 N–H and O–H groups in total. The summed E-state index contributed by atoms with van der Waals surface area (Å²) in [4.78, 5) is 23.3. The Hall–Kier alpha value is -2.62. The van der Waals surface area contributed by atoms with Crippen molar-refractivity contribution in [1.29, 1.82) is 0 Å². The number of oxazole rings is 1. The molecular formula is C22H25FN4O3S. The third-order valence-electron chi connectivity index (χ3n) is 4.94. The highest BCUT2D eigenvalue weighted by molar-refractivity contribution is 7.13. The molecule has 0 saturated carbocycles. The number of carbonyl (C=O) groups is 1. The molecule has 0 radical (unpaired) electrons. The minimum Gasteiger partial charge on any atom is -0.441 e. The molecule has 4 rings (SSSR count). The average Bonchev–Trinajstić information content (AvgIpc) is 3.35. The molecule has 1 aromatic carbocycles. The van der Waals surface area contributed by atoms with Gasteiger partial charge in [0.1, 0.15) is 5.82 Å². The van der Waals surface area contributed by atoms with E-state index in [2.05, 4.69) is 34.0 Å². The molecule has 0 aliphatic carbocycles. The molecule has 1 aliphatic rings. The number of amides is 1. The summed E-state index contributed by atoms with van der Waals surface area (Å²) < 4.78 is 25.2. The second-order valence-corrected chi connectivity index (χ2v) is 8.60. The number of hydrogen-bond acceptors (Lipinski definition) is 7. The summed E-state index contributed by atoms with van der Waals surface area (Å²) in [6.07, 6.45) is 2.41. The monoisotopic (exact) mass is 444 g/mol. The van der Waals surface area contributed by atoms with E-state index in [0.717, 1.165) is 25.3 Å². The van der Waals surface area contributed by atoms with Crippen LogP contribution in [-0.2, 0) is 22.5 Å². The molecule has 1 saturated heterocycles. The van der Waals surface area contributed by atoms with Crippen LogP contribution in [0.3, 0.4) is 0 Å². The Bertz CT molecular complexity index is 1030. The van der Waals surface area contributed by atoms with Gasteiger partial charge in [0.25, 0.3) is 0 Å². The summed E-state index contributed by atoms with van der Waals surface area (Å²) in [5, 5.41) is 5.38. The van der Waals surface area contributed by atoms with E-state index in [-0.39, 0.29) is 30.4 Å². The quantitative estimate of drug-likeness (QED) is 0.591. The van der Waals surface area contributed by atoms with Gasteiger partial charge >= 0.3 is 0 Å². The Morgan fingerprint density at radius 1 is 1.29 bits per heavy atom. The van der Waals surface area contributed by atoms with Gasteiger partial charge in [-0.15, -0.1) is 11.3 Å². The van der Waals surface area contributed by atoms with Crippen LogP contribution in [0.15, 0.2) is 40.3 Å². The number of morpholine rings is 1. The third kappa shape index (κ3) is 5.75. The fourth-order valence-corrected chi connectivity index (χ4v) is 4.41. The van der Waals surface area contributed by atoms with E-state index in [4.69, 9.17) is 9.15 Å². The van der Waals surface area contributed by atoms with Crippen LogP contribution >= 0.6 is 11.3 Å². The molecule has 0 spiro atoms. The predicted octanol–water partition coefficient (Wildman–Crippen LogP) is 4.12. The number of nitrogens with one attached hydrogen (secondary N) is 1. The van der Waals surface area contributed by atoms with Crippen molar-refractivity contribution in [3.05, 3.63) is 53.2 Å². The second-order valence-electron chi connectivity index (χ2n) is 7.74. The maximum absolute atomic E-state index is 13.9. The van der Waals surface area contributed by atoms with Crippen molar-refractivity contribution < 1.29 is 18.3 Å². The molecule has 1 fully saturated rings. The van der Waals surface area contributed by atoms with Gasteiger partial charge in [-0.3, -0.25) is 9.69 Å². The van der Waals surface area contributed by atoms with Crippen molar-refractivity contribution in [2.75, 3.05) is 18.4 Å². The molecule has 3 aromatic rings. The van der Waals surface area contributed by atoms with Gasteiger partial charge in [0.15, 0.2) is 16.8 Å². The summed E-state index contributed by atoms with van der Waals surface area (Å²) >= 11 is 1.41. The van der Waals surface area contributed by atoms with Crippen LogP contribution in [0.25, 0.3) is 11.3 Å². The van der Waals surface area contributed by atoms with Gasteiger partial charge in [-0.1, -0.05) is 12.1 Å². The van der Waals surface area contributed by atoms with Crippen LogP contribution in [0.5, 0.6) is 0 Å². The van der Waals surface area contributed by atoms with Crippen LogP contribution in [0.4, 0.5) is 9.52 Å². The number of nitrogens with zero attached hydrogens (tertiary/aromatic N) is 3. The van der Waals surface area contributed by atoms with E-state index < -0.39 is 0 Å². The number of rotatable bonds is 7. The molecule has 31 heavy (non-hydrogen) atoms. The van der Waals surface area contributed by atoms with Crippen molar-refractivity contribution in [3.8, 4) is 11.3 Å². The Morgan fingerprint density at radius 3 is 2.84 bits per heavy atom. The predicted molar refractivity (Wildman–Crippen MR) is 116 cm³/mol. The number of benzene rings is 1. The van der Waals surface area contributed by atoms with E-state index in [9.17, 15) is 9.18 Å². The second kappa shape index (κ2) is 9.67. The van der Waals surface area contributed by atoms with Crippen LogP contribution in [0, 0.1) is 5.82 Å². The number of halogens is 1. The van der Waals surface area contributed by atoms with Crippen molar-refractivity contribution in [2.24, 2.45) is 0 Å². The molecule has 1 aliphatic heterocycles. The number of aryl methyl sites for hydroxylation is 1. The first-order valence-corrected chi connectivity index (χ1v) is 11.2. The van der Waals surface area contributed by atoms with Gasteiger partial charge in [-0.2, -0.15) is 0 Å². The third-order valence-corrected chi connectivity index (χ3v) is 5.74. The van der Waals surface area contributed by atoms with Crippen LogP contribution in [0.1, 0.15) is 31.9 Å². The molecule has 3 heterocycles.